The first-order chi connectivity index (χ1) is 16.3. The Morgan fingerprint density at radius 2 is 1.79 bits per heavy atom. The summed E-state index contributed by atoms with van der Waals surface area (Å²) in [5, 5.41) is 12.8. The maximum absolute atomic E-state index is 12.5. The first kappa shape index (κ1) is 22.4. The van der Waals surface area contributed by atoms with E-state index in [1.807, 2.05) is 48.5 Å². The van der Waals surface area contributed by atoms with E-state index in [4.69, 9.17) is 4.98 Å². The number of benzene rings is 2. The molecule has 1 amide bonds. The van der Waals surface area contributed by atoms with Crippen LogP contribution >= 0.6 is 34.9 Å². The van der Waals surface area contributed by atoms with Gasteiger partial charge in [0.1, 0.15) is 5.82 Å². The molecule has 1 fully saturated rings. The number of thiazole rings is 1. The summed E-state index contributed by atoms with van der Waals surface area (Å²) in [6.07, 6.45) is 5.86. The van der Waals surface area contributed by atoms with E-state index < -0.39 is 0 Å². The highest BCUT2D eigenvalue weighted by Crippen LogP contribution is 2.32. The lowest BCUT2D eigenvalue weighted by molar-refractivity contribution is -0.119. The van der Waals surface area contributed by atoms with Crippen molar-refractivity contribution in [3.05, 3.63) is 60.4 Å². The molecule has 0 bridgehead atoms. The number of aromatic nitrogens is 4. The molecule has 0 saturated heterocycles. The number of nitrogens with zero attached hydrogens (tertiary/aromatic N) is 4. The lowest BCUT2D eigenvalue weighted by Gasteiger charge is -2.22. The molecule has 2 heterocycles. The second-order valence-corrected chi connectivity index (χ2v) is 11.2. The molecule has 9 heteroatoms. The zero-order valence-corrected chi connectivity index (χ0v) is 20.6. The molecule has 2 aromatic heterocycles. The molecule has 5 rings (SSSR count). The number of hydrogen-bond acceptors (Lipinski definition) is 7. The van der Waals surface area contributed by atoms with E-state index in [9.17, 15) is 4.79 Å². The topological polar surface area (TPSA) is 72.7 Å². The Kier molecular flexibility index (Phi) is 7.28. The zero-order valence-electron chi connectivity index (χ0n) is 18.1. The second-order valence-electron chi connectivity index (χ2n) is 8.00. The van der Waals surface area contributed by atoms with E-state index in [1.54, 1.807) is 23.1 Å². The molecular formula is C24H25N5OS3. The number of rotatable bonds is 8. The molecule has 1 aliphatic carbocycles. The number of hydrogen-bond donors (Lipinski definition) is 1. The van der Waals surface area contributed by atoms with Crippen LogP contribution in [0.2, 0.25) is 0 Å². The summed E-state index contributed by atoms with van der Waals surface area (Å²) in [5.74, 6) is 1.91. The fraction of sp³-hybridized carbons (Fsp3) is 0.333. The maximum Gasteiger partial charge on any atom is 0.230 e. The second kappa shape index (κ2) is 10.7. The highest BCUT2D eigenvalue weighted by atomic mass is 32.2. The molecule has 0 atom stereocenters. The SMILES string of the molecule is O=C(CSc1nnc(CSc2nc3ccccc3s2)n1-c1ccccc1)NC1CCCCC1. The van der Waals surface area contributed by atoms with Crippen molar-refractivity contribution in [1.29, 1.82) is 0 Å². The predicted molar refractivity (Wildman–Crippen MR) is 136 cm³/mol. The highest BCUT2D eigenvalue weighted by Gasteiger charge is 2.19. The third-order valence-corrected chi connectivity index (χ3v) is 8.72. The van der Waals surface area contributed by atoms with Crippen molar-refractivity contribution >= 4 is 51.0 Å². The molecule has 0 aliphatic heterocycles. The standard InChI is InChI=1S/C24H25N5OS3/c30-22(25-17-9-3-1-4-10-17)16-31-23-28-27-21(29(23)18-11-5-2-6-12-18)15-32-24-26-19-13-7-8-14-20(19)33-24/h2,5-8,11-14,17H,1,3-4,9-10,15-16H2,(H,25,30). The molecule has 170 valence electrons. The lowest BCUT2D eigenvalue weighted by Crippen LogP contribution is -2.37. The van der Waals surface area contributed by atoms with Crippen LogP contribution in [0, 0.1) is 0 Å². The van der Waals surface area contributed by atoms with Crippen LogP contribution in [0.4, 0.5) is 0 Å². The van der Waals surface area contributed by atoms with Gasteiger partial charge in [-0.2, -0.15) is 0 Å². The van der Waals surface area contributed by atoms with Crippen molar-refractivity contribution in [3.8, 4) is 5.69 Å². The number of carbonyl (C=O) groups excluding carboxylic acids is 1. The molecule has 4 aromatic rings. The Hall–Kier alpha value is -2.36. The summed E-state index contributed by atoms with van der Waals surface area (Å²) in [5.41, 5.74) is 2.02. The van der Waals surface area contributed by atoms with Gasteiger partial charge in [-0.25, -0.2) is 4.98 Å². The van der Waals surface area contributed by atoms with Crippen LogP contribution in [-0.2, 0) is 10.5 Å². The third-order valence-electron chi connectivity index (χ3n) is 5.62. The minimum Gasteiger partial charge on any atom is -0.353 e. The number of thioether (sulfide) groups is 2. The van der Waals surface area contributed by atoms with Gasteiger partial charge in [0.05, 0.1) is 21.7 Å². The number of carbonyl (C=O) groups is 1. The van der Waals surface area contributed by atoms with Gasteiger partial charge in [-0.05, 0) is 37.1 Å². The fourth-order valence-electron chi connectivity index (χ4n) is 4.01. The van der Waals surface area contributed by atoms with Gasteiger partial charge in [-0.15, -0.1) is 21.5 Å². The van der Waals surface area contributed by atoms with Crippen molar-refractivity contribution in [2.75, 3.05) is 5.75 Å². The van der Waals surface area contributed by atoms with Crippen LogP contribution in [0.25, 0.3) is 15.9 Å². The van der Waals surface area contributed by atoms with Gasteiger partial charge in [-0.3, -0.25) is 9.36 Å². The van der Waals surface area contributed by atoms with Crippen LogP contribution in [0.1, 0.15) is 37.9 Å². The number of nitrogens with one attached hydrogen (secondary N) is 1. The van der Waals surface area contributed by atoms with E-state index in [0.717, 1.165) is 39.4 Å². The number of amides is 1. The van der Waals surface area contributed by atoms with E-state index in [1.165, 1.54) is 35.7 Å². The van der Waals surface area contributed by atoms with Crippen LogP contribution in [-0.4, -0.2) is 37.5 Å². The Labute approximate surface area is 205 Å². The van der Waals surface area contributed by atoms with Crippen molar-refractivity contribution in [2.45, 2.75) is 53.4 Å². The van der Waals surface area contributed by atoms with Gasteiger partial charge in [0.15, 0.2) is 9.50 Å². The van der Waals surface area contributed by atoms with E-state index in [-0.39, 0.29) is 5.91 Å². The minimum absolute atomic E-state index is 0.0694. The van der Waals surface area contributed by atoms with Gasteiger partial charge in [0.2, 0.25) is 5.91 Å². The van der Waals surface area contributed by atoms with Gasteiger partial charge < -0.3 is 5.32 Å². The van der Waals surface area contributed by atoms with Crippen molar-refractivity contribution < 1.29 is 4.79 Å². The first-order valence-electron chi connectivity index (χ1n) is 11.2. The Morgan fingerprint density at radius 3 is 2.61 bits per heavy atom. The Balaban J connectivity index is 1.30. The third kappa shape index (κ3) is 5.59. The average molecular weight is 496 g/mol. The van der Waals surface area contributed by atoms with Crippen molar-refractivity contribution in [3.63, 3.8) is 0 Å². The van der Waals surface area contributed by atoms with Crippen LogP contribution in [0.5, 0.6) is 0 Å². The quantitative estimate of drug-likeness (QED) is 0.316. The highest BCUT2D eigenvalue weighted by molar-refractivity contribution is 8.00. The van der Waals surface area contributed by atoms with Gasteiger partial charge in [0.25, 0.3) is 0 Å². The van der Waals surface area contributed by atoms with Crippen molar-refractivity contribution in [1.82, 2.24) is 25.1 Å². The summed E-state index contributed by atoms with van der Waals surface area (Å²) in [4.78, 5) is 17.3. The molecule has 2 aromatic carbocycles. The lowest BCUT2D eigenvalue weighted by atomic mass is 9.95. The van der Waals surface area contributed by atoms with Gasteiger partial charge >= 0.3 is 0 Å². The van der Waals surface area contributed by atoms with Crippen LogP contribution < -0.4 is 5.32 Å². The molecule has 0 spiro atoms. The first-order valence-corrected chi connectivity index (χ1v) is 14.0. The molecule has 0 radical (unpaired) electrons. The summed E-state index contributed by atoms with van der Waals surface area (Å²) < 4.78 is 4.25. The predicted octanol–water partition coefficient (Wildman–Crippen LogP) is 5.71. The Morgan fingerprint density at radius 1 is 1.00 bits per heavy atom. The minimum atomic E-state index is 0.0694. The normalized spacial score (nSPS) is 14.5. The molecule has 1 aliphatic rings. The maximum atomic E-state index is 12.5. The molecular weight excluding hydrogens is 470 g/mol. The van der Waals surface area contributed by atoms with Gasteiger partial charge in [-0.1, -0.05) is 73.1 Å². The molecule has 1 N–H and O–H groups in total. The Bertz CT molecular complexity index is 1180. The average Bonchev–Trinajstić information content (AvgIpc) is 3.46. The van der Waals surface area contributed by atoms with Crippen LogP contribution in [0.3, 0.4) is 0 Å². The van der Waals surface area contributed by atoms with E-state index >= 15 is 0 Å². The van der Waals surface area contributed by atoms with E-state index in [2.05, 4.69) is 26.1 Å². The largest absolute Gasteiger partial charge is 0.353 e. The van der Waals surface area contributed by atoms with Crippen molar-refractivity contribution in [2.24, 2.45) is 0 Å². The summed E-state index contributed by atoms with van der Waals surface area (Å²) >= 11 is 4.80. The molecule has 0 unspecified atom stereocenters. The van der Waals surface area contributed by atoms with Gasteiger partial charge in [0, 0.05) is 11.7 Å². The number of para-hydroxylation sites is 2. The summed E-state index contributed by atoms with van der Waals surface area (Å²) in [6.45, 7) is 0. The number of fused-ring (bicyclic) bond motifs is 1. The monoisotopic (exact) mass is 495 g/mol. The smallest absolute Gasteiger partial charge is 0.230 e. The fourth-order valence-corrected chi connectivity index (χ4v) is 6.77. The summed E-state index contributed by atoms with van der Waals surface area (Å²) in [6, 6.07) is 18.6. The van der Waals surface area contributed by atoms with Crippen LogP contribution in [0.15, 0.2) is 64.1 Å². The summed E-state index contributed by atoms with van der Waals surface area (Å²) in [7, 11) is 0. The van der Waals surface area contributed by atoms with E-state index in [0.29, 0.717) is 17.5 Å². The molecule has 1 saturated carbocycles. The zero-order chi connectivity index (χ0) is 22.5. The molecule has 6 nitrogen and oxygen atoms in total. The molecule has 33 heavy (non-hydrogen) atoms.